The van der Waals surface area contributed by atoms with Gasteiger partial charge < -0.3 is 9.42 Å². The average Bonchev–Trinajstić information content (AvgIpc) is 2.06. The van der Waals surface area contributed by atoms with Gasteiger partial charge in [0.2, 0.25) is 0 Å². The Morgan fingerprint density at radius 2 is 2.00 bits per heavy atom. The predicted molar refractivity (Wildman–Crippen MR) is 48.3 cm³/mol. The maximum Gasteiger partial charge on any atom is 0.331 e. The van der Waals surface area contributed by atoms with Crippen molar-refractivity contribution in [3.8, 4) is 0 Å². The fourth-order valence-corrected chi connectivity index (χ4v) is 3.30. The minimum Gasteiger partial charge on any atom is -0.324 e. The molecule has 0 aromatic heterocycles. The van der Waals surface area contributed by atoms with Gasteiger partial charge in [-0.15, -0.1) is 0 Å². The Morgan fingerprint density at radius 1 is 1.42 bits per heavy atom. The predicted octanol–water partition coefficient (Wildman–Crippen LogP) is 2.54. The zero-order chi connectivity index (χ0) is 9.03. The van der Waals surface area contributed by atoms with Crippen LogP contribution in [0.4, 0.5) is 0 Å². The van der Waals surface area contributed by atoms with Crippen LogP contribution >= 0.6 is 7.60 Å². The molecular weight excluding hydrogens is 175 g/mol. The van der Waals surface area contributed by atoms with E-state index in [0.717, 1.165) is 25.7 Å². The quantitative estimate of drug-likeness (QED) is 0.699. The van der Waals surface area contributed by atoms with Gasteiger partial charge in [-0.3, -0.25) is 4.57 Å². The van der Waals surface area contributed by atoms with Crippen LogP contribution in [0.5, 0.6) is 0 Å². The van der Waals surface area contributed by atoms with Crippen molar-refractivity contribution in [1.82, 2.24) is 0 Å². The Kier molecular flexibility index (Phi) is 3.76. The lowest BCUT2D eigenvalue weighted by Crippen LogP contribution is -2.14. The summed E-state index contributed by atoms with van der Waals surface area (Å²) in [5.74, 6) is 0. The summed E-state index contributed by atoms with van der Waals surface area (Å²) in [5.41, 5.74) is -0.0915. The summed E-state index contributed by atoms with van der Waals surface area (Å²) < 4.78 is 16.4. The van der Waals surface area contributed by atoms with Crippen molar-refractivity contribution in [3.05, 3.63) is 0 Å². The third kappa shape index (κ3) is 2.58. The first kappa shape index (κ1) is 10.2. The summed E-state index contributed by atoms with van der Waals surface area (Å²) in [5, 5.41) is 0. The Morgan fingerprint density at radius 3 is 2.50 bits per heavy atom. The van der Waals surface area contributed by atoms with E-state index >= 15 is 0 Å². The van der Waals surface area contributed by atoms with Gasteiger partial charge in [0, 0.05) is 0 Å². The molecule has 1 fully saturated rings. The third-order valence-electron chi connectivity index (χ3n) is 2.35. The first-order valence-corrected chi connectivity index (χ1v) is 6.28. The Hall–Kier alpha value is 0.150. The van der Waals surface area contributed by atoms with E-state index in [2.05, 4.69) is 0 Å². The molecule has 0 heterocycles. The second-order valence-electron chi connectivity index (χ2n) is 3.27. The third-order valence-corrected chi connectivity index (χ3v) is 4.42. The van der Waals surface area contributed by atoms with Gasteiger partial charge in [-0.05, 0) is 19.8 Å². The van der Waals surface area contributed by atoms with E-state index in [1.165, 1.54) is 6.42 Å². The highest BCUT2D eigenvalue weighted by Gasteiger charge is 2.32. The van der Waals surface area contributed by atoms with Crippen LogP contribution in [0.15, 0.2) is 0 Å². The fourth-order valence-electron chi connectivity index (χ4n) is 1.70. The van der Waals surface area contributed by atoms with E-state index < -0.39 is 7.60 Å². The van der Waals surface area contributed by atoms with Crippen LogP contribution in [0.3, 0.4) is 0 Å². The first-order chi connectivity index (χ1) is 5.67. The molecule has 0 aromatic rings. The Labute approximate surface area is 73.7 Å². The van der Waals surface area contributed by atoms with Crippen molar-refractivity contribution < 1.29 is 14.0 Å². The summed E-state index contributed by atoms with van der Waals surface area (Å²) >= 11 is 0. The lowest BCUT2D eigenvalue weighted by Gasteiger charge is -2.25. The van der Waals surface area contributed by atoms with Gasteiger partial charge in [0.1, 0.15) is 0 Å². The molecule has 1 aliphatic rings. The second kappa shape index (κ2) is 4.40. The van der Waals surface area contributed by atoms with E-state index in [4.69, 9.17) is 4.52 Å². The summed E-state index contributed by atoms with van der Waals surface area (Å²) in [6.07, 6.45) is 5.05. The first-order valence-electron chi connectivity index (χ1n) is 4.64. The van der Waals surface area contributed by atoms with Gasteiger partial charge in [0.15, 0.2) is 0 Å². The Bertz CT molecular complexity index is 175. The molecule has 1 aliphatic carbocycles. The summed E-state index contributed by atoms with van der Waals surface area (Å²) in [4.78, 5) is 9.47. The van der Waals surface area contributed by atoms with E-state index in [9.17, 15) is 9.46 Å². The van der Waals surface area contributed by atoms with E-state index in [1.807, 2.05) is 0 Å². The second-order valence-corrected chi connectivity index (χ2v) is 5.39. The molecule has 0 aromatic carbocycles. The average molecular weight is 192 g/mol. The molecule has 0 radical (unpaired) electrons. The van der Waals surface area contributed by atoms with Crippen molar-refractivity contribution in [2.24, 2.45) is 0 Å². The molecule has 1 saturated carbocycles. The van der Waals surface area contributed by atoms with Crippen LogP contribution in [0.1, 0.15) is 39.0 Å². The van der Waals surface area contributed by atoms with Crippen LogP contribution in [0, 0.1) is 0 Å². The van der Waals surface area contributed by atoms with E-state index in [1.54, 1.807) is 6.92 Å². The largest absolute Gasteiger partial charge is 0.331 e. The summed E-state index contributed by atoms with van der Waals surface area (Å²) in [7, 11) is -3.27. The molecule has 1 rings (SSSR count). The highest BCUT2D eigenvalue weighted by molar-refractivity contribution is 7.53. The molecule has 0 saturated heterocycles. The molecule has 0 bridgehead atoms. The highest BCUT2D eigenvalue weighted by Crippen LogP contribution is 2.52. The minimum atomic E-state index is -3.27. The molecule has 1 atom stereocenters. The van der Waals surface area contributed by atoms with Crippen LogP contribution < -0.4 is 0 Å². The van der Waals surface area contributed by atoms with Gasteiger partial charge in [0.05, 0.1) is 12.3 Å². The van der Waals surface area contributed by atoms with Gasteiger partial charge in [0.25, 0.3) is 0 Å². The zero-order valence-corrected chi connectivity index (χ0v) is 8.43. The molecule has 0 amide bonds. The van der Waals surface area contributed by atoms with Gasteiger partial charge in [-0.2, -0.15) is 0 Å². The van der Waals surface area contributed by atoms with Crippen molar-refractivity contribution >= 4 is 7.60 Å². The molecule has 4 heteroatoms. The van der Waals surface area contributed by atoms with E-state index in [-0.39, 0.29) is 5.66 Å². The molecular formula is C8H17O3P. The summed E-state index contributed by atoms with van der Waals surface area (Å²) in [6, 6.07) is 0. The maximum atomic E-state index is 11.5. The standard InChI is InChI=1S/C8H17O3P/c1-2-11-12(9,10)8-6-4-3-5-7-8/h8H,2-7H2,1H3,(H,9,10). The molecule has 12 heavy (non-hydrogen) atoms. The minimum absolute atomic E-state index is 0.0915. The summed E-state index contributed by atoms with van der Waals surface area (Å²) in [6.45, 7) is 2.09. The lowest BCUT2D eigenvalue weighted by molar-refractivity contribution is 0.255. The molecule has 0 aliphatic heterocycles. The van der Waals surface area contributed by atoms with Crippen molar-refractivity contribution in [1.29, 1.82) is 0 Å². The normalized spacial score (nSPS) is 25.2. The number of rotatable bonds is 3. The SMILES string of the molecule is CCOP(=O)(O)C1CCCCC1. The van der Waals surface area contributed by atoms with Crippen LogP contribution in [-0.4, -0.2) is 17.2 Å². The monoisotopic (exact) mass is 192 g/mol. The van der Waals surface area contributed by atoms with Crippen molar-refractivity contribution in [3.63, 3.8) is 0 Å². The topological polar surface area (TPSA) is 46.5 Å². The molecule has 72 valence electrons. The molecule has 1 unspecified atom stereocenters. The lowest BCUT2D eigenvalue weighted by atomic mass is 10.0. The maximum absolute atomic E-state index is 11.5. The smallest absolute Gasteiger partial charge is 0.324 e. The van der Waals surface area contributed by atoms with Crippen LogP contribution in [0.2, 0.25) is 0 Å². The van der Waals surface area contributed by atoms with Crippen molar-refractivity contribution in [2.75, 3.05) is 6.61 Å². The van der Waals surface area contributed by atoms with Gasteiger partial charge in [-0.1, -0.05) is 19.3 Å². The van der Waals surface area contributed by atoms with Crippen LogP contribution in [-0.2, 0) is 9.09 Å². The molecule has 1 N–H and O–H groups in total. The van der Waals surface area contributed by atoms with E-state index in [0.29, 0.717) is 6.61 Å². The number of hydrogen-bond acceptors (Lipinski definition) is 2. The Balaban J connectivity index is 2.48. The van der Waals surface area contributed by atoms with Crippen LogP contribution in [0.25, 0.3) is 0 Å². The molecule has 3 nitrogen and oxygen atoms in total. The van der Waals surface area contributed by atoms with Crippen molar-refractivity contribution in [2.45, 2.75) is 44.7 Å². The van der Waals surface area contributed by atoms with Gasteiger partial charge >= 0.3 is 7.60 Å². The molecule has 0 spiro atoms. The number of hydrogen-bond donors (Lipinski definition) is 1. The van der Waals surface area contributed by atoms with Gasteiger partial charge in [-0.25, -0.2) is 0 Å². The zero-order valence-electron chi connectivity index (χ0n) is 7.53. The fraction of sp³-hybridized carbons (Fsp3) is 1.00. The highest BCUT2D eigenvalue weighted by atomic mass is 31.2.